The number of benzene rings is 1. The molecular weight excluding hydrogens is 281 g/mol. The third-order valence-corrected chi connectivity index (χ3v) is 3.16. The predicted molar refractivity (Wildman–Crippen MR) is 84.2 cm³/mol. The van der Waals surface area contributed by atoms with Crippen molar-refractivity contribution in [2.75, 3.05) is 0 Å². The van der Waals surface area contributed by atoms with Gasteiger partial charge in [-0.15, -0.1) is 0 Å². The largest absolute Gasteiger partial charge is 0.272 e. The van der Waals surface area contributed by atoms with Gasteiger partial charge in [0.15, 0.2) is 0 Å². The molecule has 1 N–H and O–H groups in total. The zero-order chi connectivity index (χ0) is 15.8. The fourth-order valence-electron chi connectivity index (χ4n) is 1.93. The Hall–Kier alpha value is -2.56. The Labute approximate surface area is 129 Å². The first-order valence-corrected chi connectivity index (χ1v) is 7.23. The second-order valence-electron chi connectivity index (χ2n) is 4.85. The van der Waals surface area contributed by atoms with Crippen molar-refractivity contribution in [2.45, 2.75) is 26.2 Å². The van der Waals surface area contributed by atoms with Crippen LogP contribution in [-0.4, -0.2) is 16.6 Å². The number of hydrogen-bond acceptors (Lipinski definition) is 3. The molecule has 114 valence electrons. The second kappa shape index (κ2) is 8.02. The molecule has 1 aromatic heterocycles. The van der Waals surface area contributed by atoms with E-state index in [4.69, 9.17) is 0 Å². The van der Waals surface area contributed by atoms with Crippen LogP contribution < -0.4 is 5.43 Å². The van der Waals surface area contributed by atoms with E-state index in [0.29, 0.717) is 5.56 Å². The van der Waals surface area contributed by atoms with E-state index in [1.54, 1.807) is 30.5 Å². The van der Waals surface area contributed by atoms with Gasteiger partial charge in [0.2, 0.25) is 0 Å². The van der Waals surface area contributed by atoms with Crippen molar-refractivity contribution in [2.24, 2.45) is 5.10 Å². The number of hydrazone groups is 1. The highest BCUT2D eigenvalue weighted by Crippen LogP contribution is 2.09. The molecule has 0 fully saturated rings. The minimum absolute atomic E-state index is 0.294. The van der Waals surface area contributed by atoms with E-state index in [1.807, 2.05) is 0 Å². The second-order valence-corrected chi connectivity index (χ2v) is 4.85. The molecular formula is C17H18FN3O. The Morgan fingerprint density at radius 1 is 1.23 bits per heavy atom. The Morgan fingerprint density at radius 3 is 2.64 bits per heavy atom. The molecule has 1 amide bonds. The molecule has 0 unspecified atom stereocenters. The standard InChI is InChI=1S/C17H18FN3O/c1-2-3-6-16(13-7-9-15(18)10-8-13)20-21-17(22)14-5-4-11-19-12-14/h4-5,7-12H,2-3,6H2,1H3,(H,21,22)/b20-16-. The van der Waals surface area contributed by atoms with Crippen LogP contribution in [0, 0.1) is 5.82 Å². The van der Waals surface area contributed by atoms with Crippen LogP contribution in [0.4, 0.5) is 4.39 Å². The summed E-state index contributed by atoms with van der Waals surface area (Å²) in [7, 11) is 0. The number of halogens is 1. The van der Waals surface area contributed by atoms with E-state index in [9.17, 15) is 9.18 Å². The summed E-state index contributed by atoms with van der Waals surface area (Å²) in [6.07, 6.45) is 5.75. The molecule has 2 aromatic rings. The van der Waals surface area contributed by atoms with Crippen LogP contribution in [0.2, 0.25) is 0 Å². The maximum atomic E-state index is 13.0. The summed E-state index contributed by atoms with van der Waals surface area (Å²) in [5.41, 5.74) is 4.52. The molecule has 0 aliphatic heterocycles. The van der Waals surface area contributed by atoms with Gasteiger partial charge in [-0.3, -0.25) is 9.78 Å². The van der Waals surface area contributed by atoms with Gasteiger partial charge in [0.1, 0.15) is 5.82 Å². The number of nitrogens with zero attached hydrogens (tertiary/aromatic N) is 2. The number of nitrogens with one attached hydrogen (secondary N) is 1. The minimum atomic E-state index is -0.316. The summed E-state index contributed by atoms with van der Waals surface area (Å²) in [5.74, 6) is -0.609. The van der Waals surface area contributed by atoms with Crippen molar-refractivity contribution in [3.05, 3.63) is 65.7 Å². The molecule has 1 aromatic carbocycles. The first kappa shape index (κ1) is 15.8. The summed E-state index contributed by atoms with van der Waals surface area (Å²) in [5, 5.41) is 4.20. The van der Waals surface area contributed by atoms with Crippen molar-refractivity contribution < 1.29 is 9.18 Å². The van der Waals surface area contributed by atoms with Gasteiger partial charge in [-0.1, -0.05) is 25.5 Å². The fraction of sp³-hybridized carbons (Fsp3) is 0.235. The number of amides is 1. The molecule has 5 heteroatoms. The van der Waals surface area contributed by atoms with Crippen molar-refractivity contribution in [1.29, 1.82) is 0 Å². The number of carbonyl (C=O) groups is 1. The lowest BCUT2D eigenvalue weighted by Crippen LogP contribution is -2.20. The van der Waals surface area contributed by atoms with Crippen LogP contribution in [0.1, 0.15) is 42.1 Å². The summed E-state index contributed by atoms with van der Waals surface area (Å²) in [4.78, 5) is 15.9. The van der Waals surface area contributed by atoms with Gasteiger partial charge in [0.05, 0.1) is 11.3 Å². The van der Waals surface area contributed by atoms with E-state index in [1.165, 1.54) is 18.3 Å². The molecule has 22 heavy (non-hydrogen) atoms. The van der Waals surface area contributed by atoms with E-state index in [2.05, 4.69) is 22.4 Å². The summed E-state index contributed by atoms with van der Waals surface area (Å²) >= 11 is 0. The van der Waals surface area contributed by atoms with Crippen LogP contribution in [-0.2, 0) is 0 Å². The average Bonchev–Trinajstić information content (AvgIpc) is 2.56. The zero-order valence-electron chi connectivity index (χ0n) is 12.4. The van der Waals surface area contributed by atoms with Crippen LogP contribution in [0.3, 0.4) is 0 Å². The molecule has 0 atom stereocenters. The lowest BCUT2D eigenvalue weighted by Gasteiger charge is -2.07. The van der Waals surface area contributed by atoms with Gasteiger partial charge in [-0.2, -0.15) is 5.10 Å². The van der Waals surface area contributed by atoms with Crippen molar-refractivity contribution in [3.8, 4) is 0 Å². The summed E-state index contributed by atoms with van der Waals surface area (Å²) in [6.45, 7) is 2.08. The lowest BCUT2D eigenvalue weighted by molar-refractivity contribution is 0.0954. The molecule has 2 rings (SSSR count). The quantitative estimate of drug-likeness (QED) is 0.655. The molecule has 0 radical (unpaired) electrons. The average molecular weight is 299 g/mol. The van der Waals surface area contributed by atoms with Gasteiger partial charge < -0.3 is 0 Å². The fourth-order valence-corrected chi connectivity index (χ4v) is 1.93. The maximum absolute atomic E-state index is 13.0. The summed E-state index contributed by atoms with van der Waals surface area (Å²) < 4.78 is 13.0. The molecule has 1 heterocycles. The van der Waals surface area contributed by atoms with Crippen molar-refractivity contribution in [3.63, 3.8) is 0 Å². The molecule has 0 aliphatic carbocycles. The van der Waals surface area contributed by atoms with Gasteiger partial charge in [0.25, 0.3) is 5.91 Å². The normalized spacial score (nSPS) is 11.3. The molecule has 0 aliphatic rings. The smallest absolute Gasteiger partial charge is 0.267 e. The van der Waals surface area contributed by atoms with Crippen LogP contribution in [0.5, 0.6) is 0 Å². The molecule has 0 bridgehead atoms. The first-order valence-electron chi connectivity index (χ1n) is 7.23. The topological polar surface area (TPSA) is 54.4 Å². The van der Waals surface area contributed by atoms with Crippen LogP contribution in [0.25, 0.3) is 0 Å². The zero-order valence-corrected chi connectivity index (χ0v) is 12.4. The Kier molecular flexibility index (Phi) is 5.77. The Balaban J connectivity index is 2.14. The first-order chi connectivity index (χ1) is 10.7. The van der Waals surface area contributed by atoms with Gasteiger partial charge in [0, 0.05) is 12.4 Å². The summed E-state index contributed by atoms with van der Waals surface area (Å²) in [6, 6.07) is 9.47. The van der Waals surface area contributed by atoms with Crippen LogP contribution in [0.15, 0.2) is 53.9 Å². The Bertz CT molecular complexity index is 639. The lowest BCUT2D eigenvalue weighted by atomic mass is 10.1. The van der Waals surface area contributed by atoms with E-state index in [-0.39, 0.29) is 11.7 Å². The minimum Gasteiger partial charge on any atom is -0.267 e. The van der Waals surface area contributed by atoms with Crippen molar-refractivity contribution >= 4 is 11.6 Å². The van der Waals surface area contributed by atoms with E-state index in [0.717, 1.165) is 30.5 Å². The monoisotopic (exact) mass is 299 g/mol. The van der Waals surface area contributed by atoms with E-state index < -0.39 is 0 Å². The van der Waals surface area contributed by atoms with Gasteiger partial charge >= 0.3 is 0 Å². The highest BCUT2D eigenvalue weighted by Gasteiger charge is 2.07. The number of carbonyl (C=O) groups excluding carboxylic acids is 1. The number of unbranched alkanes of at least 4 members (excludes halogenated alkanes) is 1. The molecule has 0 saturated carbocycles. The molecule has 0 saturated heterocycles. The third kappa shape index (κ3) is 4.48. The third-order valence-electron chi connectivity index (χ3n) is 3.16. The van der Waals surface area contributed by atoms with Gasteiger partial charge in [-0.05, 0) is 42.7 Å². The highest BCUT2D eigenvalue weighted by molar-refractivity contribution is 6.02. The highest BCUT2D eigenvalue weighted by atomic mass is 19.1. The van der Waals surface area contributed by atoms with Gasteiger partial charge in [-0.25, -0.2) is 9.82 Å². The molecule has 4 nitrogen and oxygen atoms in total. The SMILES string of the molecule is CCCC/C(=N/NC(=O)c1cccnc1)c1ccc(F)cc1. The predicted octanol–water partition coefficient (Wildman–Crippen LogP) is 3.55. The number of aromatic nitrogens is 1. The number of hydrogen-bond donors (Lipinski definition) is 1. The molecule has 0 spiro atoms. The Morgan fingerprint density at radius 2 is 2.00 bits per heavy atom. The van der Waals surface area contributed by atoms with E-state index >= 15 is 0 Å². The number of pyridine rings is 1. The van der Waals surface area contributed by atoms with Crippen molar-refractivity contribution in [1.82, 2.24) is 10.4 Å². The number of rotatable bonds is 6. The maximum Gasteiger partial charge on any atom is 0.272 e. The van der Waals surface area contributed by atoms with Crippen LogP contribution >= 0.6 is 0 Å².